The average molecular weight is 553 g/mol. The SMILES string of the molecule is Cc1c2ccc3c1nnn3CCCCCCOc1ccc(cc1)C(=O)N1CCc3ccc(cc3C1)[C@H]2[C@H](C)C(=O)O. The molecule has 8 heteroatoms. The van der Waals surface area contributed by atoms with Crippen LogP contribution in [0, 0.1) is 12.8 Å². The van der Waals surface area contributed by atoms with Gasteiger partial charge in [0.1, 0.15) is 11.3 Å². The van der Waals surface area contributed by atoms with Crippen molar-refractivity contribution < 1.29 is 19.4 Å². The summed E-state index contributed by atoms with van der Waals surface area (Å²) in [6.07, 6.45) is 4.81. The van der Waals surface area contributed by atoms with Crippen LogP contribution in [-0.4, -0.2) is 50.0 Å². The molecule has 0 saturated heterocycles. The quantitative estimate of drug-likeness (QED) is 0.340. The van der Waals surface area contributed by atoms with Gasteiger partial charge in [0.2, 0.25) is 0 Å². The van der Waals surface area contributed by atoms with Crippen molar-refractivity contribution in [3.63, 3.8) is 0 Å². The van der Waals surface area contributed by atoms with E-state index in [9.17, 15) is 14.7 Å². The molecule has 1 N–H and O–H groups in total. The van der Waals surface area contributed by atoms with E-state index in [1.54, 1.807) is 6.92 Å². The first-order valence-corrected chi connectivity index (χ1v) is 14.6. The topological polar surface area (TPSA) is 97.5 Å². The van der Waals surface area contributed by atoms with E-state index < -0.39 is 11.9 Å². The van der Waals surface area contributed by atoms with E-state index in [0.29, 0.717) is 25.3 Å². The summed E-state index contributed by atoms with van der Waals surface area (Å²) < 4.78 is 7.88. The maximum absolute atomic E-state index is 13.4. The Hall–Kier alpha value is -4.20. The number of ether oxygens (including phenoxy) is 1. The van der Waals surface area contributed by atoms with Gasteiger partial charge in [0.25, 0.3) is 5.91 Å². The number of carbonyl (C=O) groups excluding carboxylic acids is 1. The van der Waals surface area contributed by atoms with E-state index in [1.807, 2.05) is 52.9 Å². The van der Waals surface area contributed by atoms with Crippen molar-refractivity contribution in [3.8, 4) is 5.75 Å². The number of aliphatic carboxylic acids is 1. The second-order valence-electron chi connectivity index (χ2n) is 11.4. The Morgan fingerprint density at radius 2 is 1.80 bits per heavy atom. The number of hydrogen-bond acceptors (Lipinski definition) is 5. The van der Waals surface area contributed by atoms with Gasteiger partial charge in [-0.05, 0) is 90.8 Å². The van der Waals surface area contributed by atoms with Crippen molar-refractivity contribution in [2.45, 2.75) is 65.0 Å². The van der Waals surface area contributed by atoms with Crippen molar-refractivity contribution in [1.29, 1.82) is 0 Å². The maximum Gasteiger partial charge on any atom is 0.307 e. The molecule has 5 aliphatic heterocycles. The molecular formula is C33H36N4O4. The van der Waals surface area contributed by atoms with Crippen molar-refractivity contribution in [1.82, 2.24) is 19.9 Å². The highest BCUT2D eigenvalue weighted by atomic mass is 16.5. The van der Waals surface area contributed by atoms with Gasteiger partial charge in [0, 0.05) is 31.1 Å². The molecule has 4 aromatic rings. The van der Waals surface area contributed by atoms with E-state index in [1.165, 1.54) is 5.56 Å². The number of aryl methyl sites for hydroxylation is 2. The highest BCUT2D eigenvalue weighted by Gasteiger charge is 2.31. The van der Waals surface area contributed by atoms with E-state index in [-0.39, 0.29) is 11.8 Å². The van der Waals surface area contributed by atoms with Gasteiger partial charge in [0.05, 0.1) is 18.0 Å². The predicted octanol–water partition coefficient (Wildman–Crippen LogP) is 5.74. The monoisotopic (exact) mass is 552 g/mol. The highest BCUT2D eigenvalue weighted by Crippen LogP contribution is 2.38. The fourth-order valence-corrected chi connectivity index (χ4v) is 6.29. The van der Waals surface area contributed by atoms with Crippen LogP contribution < -0.4 is 4.74 Å². The van der Waals surface area contributed by atoms with Crippen LogP contribution in [0.3, 0.4) is 0 Å². The maximum atomic E-state index is 13.4. The Balaban J connectivity index is 1.41. The fraction of sp³-hybridized carbons (Fsp3) is 0.394. The molecule has 3 aromatic carbocycles. The van der Waals surface area contributed by atoms with Gasteiger partial charge in [-0.3, -0.25) is 9.59 Å². The van der Waals surface area contributed by atoms with Crippen molar-refractivity contribution in [3.05, 3.63) is 88.0 Å². The van der Waals surface area contributed by atoms with Crippen LogP contribution in [0.4, 0.5) is 0 Å². The Morgan fingerprint density at radius 1 is 1.00 bits per heavy atom. The van der Waals surface area contributed by atoms with Crippen molar-refractivity contribution >= 4 is 22.9 Å². The van der Waals surface area contributed by atoms with Crippen LogP contribution in [0.25, 0.3) is 11.0 Å². The summed E-state index contributed by atoms with van der Waals surface area (Å²) >= 11 is 0. The summed E-state index contributed by atoms with van der Waals surface area (Å²) in [4.78, 5) is 27.7. The molecule has 9 bridgehead atoms. The fourth-order valence-electron chi connectivity index (χ4n) is 6.29. The lowest BCUT2D eigenvalue weighted by molar-refractivity contribution is -0.141. The molecule has 0 unspecified atom stereocenters. The zero-order valence-corrected chi connectivity index (χ0v) is 23.7. The lowest BCUT2D eigenvalue weighted by atomic mass is 9.78. The first-order chi connectivity index (χ1) is 19.9. The summed E-state index contributed by atoms with van der Waals surface area (Å²) in [6, 6.07) is 17.8. The third-order valence-corrected chi connectivity index (χ3v) is 8.73. The largest absolute Gasteiger partial charge is 0.494 e. The van der Waals surface area contributed by atoms with Crippen LogP contribution >= 0.6 is 0 Å². The Kier molecular flexibility index (Phi) is 7.47. The number of benzene rings is 3. The third-order valence-electron chi connectivity index (χ3n) is 8.73. The van der Waals surface area contributed by atoms with Gasteiger partial charge >= 0.3 is 5.97 Å². The molecular weight excluding hydrogens is 516 g/mol. The lowest BCUT2D eigenvalue weighted by Crippen LogP contribution is -2.36. The van der Waals surface area contributed by atoms with E-state index in [2.05, 4.69) is 28.5 Å². The zero-order valence-electron chi connectivity index (χ0n) is 23.7. The van der Waals surface area contributed by atoms with Crippen LogP contribution in [0.15, 0.2) is 54.6 Å². The molecule has 2 atom stereocenters. The number of hydrogen-bond donors (Lipinski definition) is 1. The normalized spacial score (nSPS) is 18.6. The summed E-state index contributed by atoms with van der Waals surface area (Å²) in [6.45, 7) is 6.33. The van der Waals surface area contributed by atoms with E-state index in [4.69, 9.17) is 4.74 Å². The Morgan fingerprint density at radius 3 is 2.61 bits per heavy atom. The smallest absolute Gasteiger partial charge is 0.307 e. The lowest BCUT2D eigenvalue weighted by Gasteiger charge is -2.31. The molecule has 1 aromatic heterocycles. The molecule has 0 aliphatic carbocycles. The highest BCUT2D eigenvalue weighted by molar-refractivity contribution is 5.94. The molecule has 9 rings (SSSR count). The van der Waals surface area contributed by atoms with Gasteiger partial charge in [-0.1, -0.05) is 42.8 Å². The minimum atomic E-state index is -0.850. The van der Waals surface area contributed by atoms with Crippen LogP contribution in [0.5, 0.6) is 5.75 Å². The molecule has 0 spiro atoms. The van der Waals surface area contributed by atoms with Gasteiger partial charge in [0.15, 0.2) is 0 Å². The number of carbonyl (C=O) groups is 2. The summed E-state index contributed by atoms with van der Waals surface area (Å²) in [5.74, 6) is -1.11. The van der Waals surface area contributed by atoms with Gasteiger partial charge < -0.3 is 14.7 Å². The summed E-state index contributed by atoms with van der Waals surface area (Å²) in [7, 11) is 0. The molecule has 5 aliphatic rings. The van der Waals surface area contributed by atoms with Crippen molar-refractivity contribution in [2.24, 2.45) is 5.92 Å². The molecule has 212 valence electrons. The standard InChI is InChI=1S/C33H36N4O4/c1-21-28-13-14-29-31(21)34-35-37(29)16-5-3-4-6-18-41-27-11-9-24(10-12-27)32(38)36-17-15-23-7-8-25(19-26(23)20-36)30(28)22(2)33(39)40/h7-14,19,22,30H,3-6,15-18,20H2,1-2H3,(H,39,40)/t22-,30+/m0/s1. The van der Waals surface area contributed by atoms with Gasteiger partial charge in [-0.2, -0.15) is 0 Å². The van der Waals surface area contributed by atoms with E-state index in [0.717, 1.165) is 77.7 Å². The predicted molar refractivity (Wildman–Crippen MR) is 156 cm³/mol. The average Bonchev–Trinajstić information content (AvgIpc) is 3.40. The summed E-state index contributed by atoms with van der Waals surface area (Å²) in [5, 5.41) is 19.1. The number of carboxylic acid groups (broad SMARTS) is 1. The first-order valence-electron chi connectivity index (χ1n) is 14.6. The van der Waals surface area contributed by atoms with Crippen LogP contribution in [-0.2, 0) is 24.3 Å². The molecule has 0 fully saturated rings. The Labute approximate surface area is 239 Å². The zero-order chi connectivity index (χ0) is 28.5. The minimum absolute atomic E-state index is 0.00849. The second-order valence-corrected chi connectivity index (χ2v) is 11.4. The number of carboxylic acids is 1. The van der Waals surface area contributed by atoms with Crippen LogP contribution in [0.2, 0.25) is 0 Å². The molecule has 8 nitrogen and oxygen atoms in total. The molecule has 6 heterocycles. The van der Waals surface area contributed by atoms with E-state index >= 15 is 0 Å². The van der Waals surface area contributed by atoms with Gasteiger partial charge in [-0.25, -0.2) is 4.68 Å². The first kappa shape index (κ1) is 27.0. The molecule has 1 amide bonds. The third kappa shape index (κ3) is 5.31. The van der Waals surface area contributed by atoms with Crippen molar-refractivity contribution in [2.75, 3.05) is 13.2 Å². The molecule has 0 radical (unpaired) electrons. The Bertz CT molecular complexity index is 1590. The second kappa shape index (κ2) is 11.4. The minimum Gasteiger partial charge on any atom is -0.494 e. The number of aromatic nitrogens is 3. The van der Waals surface area contributed by atoms with Gasteiger partial charge in [-0.15, -0.1) is 5.10 Å². The molecule has 0 saturated carbocycles. The number of rotatable bonds is 2. The van der Waals surface area contributed by atoms with Crippen LogP contribution in [0.1, 0.15) is 76.7 Å². The number of nitrogens with zero attached hydrogens (tertiary/aromatic N) is 4. The summed E-state index contributed by atoms with van der Waals surface area (Å²) in [5.41, 5.74) is 7.53. The number of amides is 1. The molecule has 41 heavy (non-hydrogen) atoms.